The maximum Gasteiger partial charge on any atom is 0.262 e. The molecule has 4 aliphatic rings. The summed E-state index contributed by atoms with van der Waals surface area (Å²) in [5.74, 6) is 1.25. The number of hydrogen-bond acceptors (Lipinski definition) is 5. The summed E-state index contributed by atoms with van der Waals surface area (Å²) >= 11 is 1.43. The van der Waals surface area contributed by atoms with Crippen LogP contribution < -0.4 is 0 Å². The molecular formula is C15H19N3O3S2. The molecule has 4 rings (SSSR count). The Bertz CT molecular complexity index is 712. The van der Waals surface area contributed by atoms with E-state index in [0.29, 0.717) is 17.1 Å². The van der Waals surface area contributed by atoms with E-state index in [2.05, 4.69) is 9.89 Å². The van der Waals surface area contributed by atoms with Gasteiger partial charge in [-0.2, -0.15) is 10.3 Å². The first kappa shape index (κ1) is 15.5. The molecule has 0 unspecified atom stereocenters. The van der Waals surface area contributed by atoms with Gasteiger partial charge in [-0.15, -0.1) is 0 Å². The summed E-state index contributed by atoms with van der Waals surface area (Å²) < 4.78 is 24.0. The Kier molecular flexibility index (Phi) is 3.69. The largest absolute Gasteiger partial charge is 0.343 e. The molecule has 2 aliphatic heterocycles. The molecule has 0 aromatic heterocycles. The van der Waals surface area contributed by atoms with Crippen molar-refractivity contribution in [2.75, 3.05) is 11.5 Å². The van der Waals surface area contributed by atoms with Crippen LogP contribution in [-0.2, 0) is 14.6 Å². The monoisotopic (exact) mass is 353 g/mol. The first-order chi connectivity index (χ1) is 11.0. The van der Waals surface area contributed by atoms with Crippen LogP contribution in [0.2, 0.25) is 0 Å². The van der Waals surface area contributed by atoms with E-state index in [-0.39, 0.29) is 29.2 Å². The minimum absolute atomic E-state index is 0.0206. The second-order valence-corrected chi connectivity index (χ2v) is 10.4. The van der Waals surface area contributed by atoms with Gasteiger partial charge < -0.3 is 4.90 Å². The number of amidine groups is 1. The van der Waals surface area contributed by atoms with Crippen molar-refractivity contribution < 1.29 is 13.2 Å². The number of nitriles is 1. The zero-order chi connectivity index (χ0) is 16.2. The predicted molar refractivity (Wildman–Crippen MR) is 87.6 cm³/mol. The predicted octanol–water partition coefficient (Wildman–Crippen LogP) is 1.19. The highest BCUT2D eigenvalue weighted by atomic mass is 32.2. The summed E-state index contributed by atoms with van der Waals surface area (Å²) in [6.45, 7) is 0. The topological polar surface area (TPSA) is 90.6 Å². The van der Waals surface area contributed by atoms with Gasteiger partial charge in [0.25, 0.3) is 5.91 Å². The van der Waals surface area contributed by atoms with Gasteiger partial charge in [-0.05, 0) is 31.1 Å². The van der Waals surface area contributed by atoms with Crippen molar-refractivity contribution in [3.8, 4) is 6.07 Å². The zero-order valence-corrected chi connectivity index (χ0v) is 14.4. The Hall–Kier alpha value is -1.07. The highest BCUT2D eigenvalue weighted by molar-refractivity contribution is 8.15. The van der Waals surface area contributed by atoms with Crippen molar-refractivity contribution >= 4 is 32.7 Å². The third kappa shape index (κ3) is 2.68. The van der Waals surface area contributed by atoms with E-state index in [0.717, 1.165) is 12.3 Å². The summed E-state index contributed by atoms with van der Waals surface area (Å²) in [5, 5.41) is 9.30. The number of nitrogens with zero attached hydrogens (tertiary/aromatic N) is 3. The molecule has 2 aliphatic carbocycles. The lowest BCUT2D eigenvalue weighted by Gasteiger charge is -2.36. The number of rotatable bonds is 2. The average Bonchev–Trinajstić information content (AvgIpc) is 3.18. The molecule has 0 N–H and O–H groups in total. The number of thioether (sulfide) groups is 1. The lowest BCUT2D eigenvalue weighted by molar-refractivity contribution is -0.116. The van der Waals surface area contributed by atoms with Crippen molar-refractivity contribution in [2.45, 2.75) is 49.4 Å². The molecule has 6 nitrogen and oxygen atoms in total. The number of carbonyl (C=O) groups is 1. The van der Waals surface area contributed by atoms with Crippen molar-refractivity contribution in [3.63, 3.8) is 0 Å². The van der Waals surface area contributed by atoms with E-state index in [1.807, 2.05) is 6.07 Å². The Morgan fingerprint density at radius 1 is 1.30 bits per heavy atom. The van der Waals surface area contributed by atoms with E-state index in [1.165, 1.54) is 31.0 Å². The molecule has 124 valence electrons. The molecule has 2 saturated heterocycles. The van der Waals surface area contributed by atoms with Crippen LogP contribution in [0.5, 0.6) is 0 Å². The van der Waals surface area contributed by atoms with Gasteiger partial charge in [0, 0.05) is 11.3 Å². The highest BCUT2D eigenvalue weighted by Gasteiger charge is 2.54. The summed E-state index contributed by atoms with van der Waals surface area (Å²) in [6, 6.07) is 2.10. The van der Waals surface area contributed by atoms with Crippen LogP contribution in [0.25, 0.3) is 0 Å². The van der Waals surface area contributed by atoms with E-state index in [9.17, 15) is 13.2 Å². The van der Waals surface area contributed by atoms with Crippen molar-refractivity contribution in [1.82, 2.24) is 4.90 Å². The first-order valence-corrected chi connectivity index (χ1v) is 10.8. The van der Waals surface area contributed by atoms with Gasteiger partial charge in [-0.3, -0.25) is 4.79 Å². The maximum absolute atomic E-state index is 12.0. The lowest BCUT2D eigenvalue weighted by atomic mass is 9.93. The number of hydrogen-bond donors (Lipinski definition) is 0. The summed E-state index contributed by atoms with van der Waals surface area (Å²) in [6.07, 6.45) is 4.55. The second kappa shape index (κ2) is 5.49. The molecule has 2 saturated carbocycles. The van der Waals surface area contributed by atoms with Crippen LogP contribution in [-0.4, -0.2) is 53.2 Å². The number of fused-ring (bicyclic) bond motifs is 3. The highest BCUT2D eigenvalue weighted by Crippen LogP contribution is 2.51. The molecule has 2 heterocycles. The zero-order valence-electron chi connectivity index (χ0n) is 12.7. The summed E-state index contributed by atoms with van der Waals surface area (Å²) in [7, 11) is -3.00. The second-order valence-electron chi connectivity index (χ2n) is 7.07. The van der Waals surface area contributed by atoms with Crippen LogP contribution in [0.1, 0.15) is 32.1 Å². The van der Waals surface area contributed by atoms with Gasteiger partial charge in [0.1, 0.15) is 6.42 Å². The van der Waals surface area contributed by atoms with Crippen molar-refractivity contribution in [2.24, 2.45) is 16.8 Å². The minimum Gasteiger partial charge on any atom is -0.343 e. The van der Waals surface area contributed by atoms with Gasteiger partial charge in [0.2, 0.25) is 0 Å². The van der Waals surface area contributed by atoms with Gasteiger partial charge >= 0.3 is 0 Å². The van der Waals surface area contributed by atoms with E-state index >= 15 is 0 Å². The van der Waals surface area contributed by atoms with Crippen LogP contribution in [0.3, 0.4) is 0 Å². The standard InChI is InChI=1S/C15H19N3O3S2/c16-4-3-14(19)17-15-18(11-6-9-1-2-10(11)5-9)12-7-23(20,21)8-13(12)22-15/h9-13H,1-3,5-8H2/t9-,10-,11-,12-,13+/m0/s1. The maximum atomic E-state index is 12.0. The Balaban J connectivity index is 1.64. The Labute approximate surface area is 140 Å². The Morgan fingerprint density at radius 2 is 2.13 bits per heavy atom. The third-order valence-electron chi connectivity index (χ3n) is 5.62. The molecule has 0 aromatic carbocycles. The molecule has 8 heteroatoms. The number of carbonyl (C=O) groups excluding carboxylic acids is 1. The molecule has 4 fully saturated rings. The fourth-order valence-electron chi connectivity index (χ4n) is 4.74. The van der Waals surface area contributed by atoms with Gasteiger partial charge in [-0.1, -0.05) is 18.2 Å². The normalized spacial score (nSPS) is 42.1. The number of amides is 1. The van der Waals surface area contributed by atoms with Crippen LogP contribution in [0.4, 0.5) is 0 Å². The van der Waals surface area contributed by atoms with Crippen LogP contribution in [0, 0.1) is 23.2 Å². The molecule has 23 heavy (non-hydrogen) atoms. The molecule has 5 atom stereocenters. The summed E-state index contributed by atoms with van der Waals surface area (Å²) in [5.41, 5.74) is 0. The fraction of sp³-hybridized carbons (Fsp3) is 0.800. The molecule has 0 spiro atoms. The number of sulfone groups is 1. The van der Waals surface area contributed by atoms with Gasteiger partial charge in [-0.25, -0.2) is 8.42 Å². The molecule has 0 aromatic rings. The van der Waals surface area contributed by atoms with Gasteiger partial charge in [0.15, 0.2) is 15.0 Å². The fourth-order valence-corrected chi connectivity index (χ4v) is 8.73. The lowest BCUT2D eigenvalue weighted by Crippen LogP contribution is -2.47. The quantitative estimate of drug-likeness (QED) is 0.740. The van der Waals surface area contributed by atoms with E-state index in [1.54, 1.807) is 0 Å². The molecule has 0 radical (unpaired) electrons. The molecule has 1 amide bonds. The van der Waals surface area contributed by atoms with Gasteiger partial charge in [0.05, 0.1) is 23.6 Å². The average molecular weight is 353 g/mol. The van der Waals surface area contributed by atoms with Crippen LogP contribution >= 0.6 is 11.8 Å². The van der Waals surface area contributed by atoms with E-state index in [4.69, 9.17) is 5.26 Å². The molecular weight excluding hydrogens is 334 g/mol. The summed E-state index contributed by atoms with van der Waals surface area (Å²) in [4.78, 5) is 18.1. The SMILES string of the molecule is N#CCC(=O)N=C1S[C@@H]2CS(=O)(=O)C[C@@H]2N1[C@H]1C[C@H]2CC[C@H]1C2. The number of aliphatic imine (C=N–C) groups is 1. The smallest absolute Gasteiger partial charge is 0.262 e. The minimum atomic E-state index is -3.00. The first-order valence-electron chi connectivity index (χ1n) is 8.11. The van der Waals surface area contributed by atoms with Crippen molar-refractivity contribution in [3.05, 3.63) is 0 Å². The third-order valence-corrected chi connectivity index (χ3v) is 8.84. The Morgan fingerprint density at radius 3 is 2.78 bits per heavy atom. The van der Waals surface area contributed by atoms with Crippen LogP contribution in [0.15, 0.2) is 4.99 Å². The molecule has 2 bridgehead atoms. The van der Waals surface area contributed by atoms with E-state index < -0.39 is 15.7 Å². The van der Waals surface area contributed by atoms with Crippen molar-refractivity contribution in [1.29, 1.82) is 5.26 Å².